The number of benzene rings is 1. The van der Waals surface area contributed by atoms with Crippen molar-refractivity contribution in [1.82, 2.24) is 5.32 Å². The highest BCUT2D eigenvalue weighted by Crippen LogP contribution is 2.44. The van der Waals surface area contributed by atoms with Crippen molar-refractivity contribution in [3.63, 3.8) is 0 Å². The van der Waals surface area contributed by atoms with Crippen molar-refractivity contribution in [3.8, 4) is 0 Å². The van der Waals surface area contributed by atoms with Crippen LogP contribution in [0.2, 0.25) is 0 Å². The fourth-order valence-corrected chi connectivity index (χ4v) is 2.69. The third-order valence-electron chi connectivity index (χ3n) is 4.12. The van der Waals surface area contributed by atoms with Crippen LogP contribution in [-0.2, 0) is 5.41 Å². The van der Waals surface area contributed by atoms with E-state index in [1.165, 1.54) is 18.9 Å². The Morgan fingerprint density at radius 3 is 2.53 bits per heavy atom. The molecule has 1 aromatic rings. The molecule has 0 aromatic heterocycles. The minimum absolute atomic E-state index is 0.0830. The van der Waals surface area contributed by atoms with Crippen LogP contribution in [0, 0.1) is 11.6 Å². The average molecular weight is 237 g/mol. The summed E-state index contributed by atoms with van der Waals surface area (Å²) in [5.41, 5.74) is 0.610. The van der Waals surface area contributed by atoms with E-state index in [0.717, 1.165) is 31.9 Å². The summed E-state index contributed by atoms with van der Waals surface area (Å²) in [6.07, 6.45) is 5.64. The number of halogens is 2. The van der Waals surface area contributed by atoms with E-state index >= 15 is 0 Å². The minimum Gasteiger partial charge on any atom is -0.313 e. The quantitative estimate of drug-likeness (QED) is 0.848. The Kier molecular flexibility index (Phi) is 2.66. The predicted octanol–water partition coefficient (Wildman–Crippen LogP) is 3.14. The van der Waals surface area contributed by atoms with E-state index in [4.69, 9.17) is 0 Å². The minimum atomic E-state index is -0.490. The van der Waals surface area contributed by atoms with Gasteiger partial charge in [-0.15, -0.1) is 0 Å². The summed E-state index contributed by atoms with van der Waals surface area (Å²) in [6.45, 7) is 0.834. The normalized spacial score (nSPS) is 22.2. The Morgan fingerprint density at radius 1 is 1.24 bits per heavy atom. The van der Waals surface area contributed by atoms with Crippen LogP contribution in [0.3, 0.4) is 0 Å². The van der Waals surface area contributed by atoms with Gasteiger partial charge in [0.05, 0.1) is 0 Å². The first-order chi connectivity index (χ1) is 8.20. The van der Waals surface area contributed by atoms with Gasteiger partial charge in [0.2, 0.25) is 0 Å². The summed E-state index contributed by atoms with van der Waals surface area (Å²) >= 11 is 0. The van der Waals surface area contributed by atoms with Gasteiger partial charge < -0.3 is 5.32 Å². The zero-order valence-corrected chi connectivity index (χ0v) is 9.81. The van der Waals surface area contributed by atoms with E-state index in [9.17, 15) is 8.78 Å². The standard InChI is InChI=1S/C14H17F2N/c15-10-2-5-12(13(16)8-10)14(6-1-7-14)9-17-11-3-4-11/h2,5,8,11,17H,1,3-4,6-7,9H2. The van der Waals surface area contributed by atoms with E-state index in [2.05, 4.69) is 5.32 Å². The Labute approximate surface area is 100 Å². The van der Waals surface area contributed by atoms with Crippen LogP contribution >= 0.6 is 0 Å². The molecule has 2 saturated carbocycles. The summed E-state index contributed by atoms with van der Waals surface area (Å²) < 4.78 is 26.8. The molecule has 1 aromatic carbocycles. The van der Waals surface area contributed by atoms with Gasteiger partial charge in [-0.25, -0.2) is 8.78 Å². The van der Waals surface area contributed by atoms with E-state index < -0.39 is 5.82 Å². The summed E-state index contributed by atoms with van der Waals surface area (Å²) in [6, 6.07) is 4.64. The lowest BCUT2D eigenvalue weighted by Gasteiger charge is -2.43. The topological polar surface area (TPSA) is 12.0 Å². The summed E-state index contributed by atoms with van der Waals surface area (Å²) in [7, 11) is 0. The monoisotopic (exact) mass is 237 g/mol. The Morgan fingerprint density at radius 2 is 2.00 bits per heavy atom. The van der Waals surface area contributed by atoms with Gasteiger partial charge in [-0.05, 0) is 37.3 Å². The zero-order chi connectivity index (χ0) is 11.9. The first-order valence-electron chi connectivity index (χ1n) is 6.39. The molecule has 0 amide bonds. The third kappa shape index (κ3) is 2.08. The summed E-state index contributed by atoms with van der Waals surface area (Å²) in [5.74, 6) is -0.877. The molecule has 0 unspecified atom stereocenters. The largest absolute Gasteiger partial charge is 0.313 e. The molecule has 3 rings (SSSR count). The lowest BCUT2D eigenvalue weighted by molar-refractivity contribution is 0.225. The molecule has 1 N–H and O–H groups in total. The van der Waals surface area contributed by atoms with Crippen LogP contribution in [0.1, 0.15) is 37.7 Å². The fourth-order valence-electron chi connectivity index (χ4n) is 2.69. The second-order valence-corrected chi connectivity index (χ2v) is 5.41. The lowest BCUT2D eigenvalue weighted by atomic mass is 9.64. The zero-order valence-electron chi connectivity index (χ0n) is 9.81. The van der Waals surface area contributed by atoms with Crippen molar-refractivity contribution >= 4 is 0 Å². The van der Waals surface area contributed by atoms with Crippen molar-refractivity contribution in [2.45, 2.75) is 43.6 Å². The molecule has 0 bridgehead atoms. The molecule has 0 spiro atoms. The molecular formula is C14H17F2N. The Balaban J connectivity index is 1.82. The highest BCUT2D eigenvalue weighted by atomic mass is 19.1. The third-order valence-corrected chi connectivity index (χ3v) is 4.12. The molecule has 1 nitrogen and oxygen atoms in total. The number of rotatable bonds is 4. The summed E-state index contributed by atoms with van der Waals surface area (Å²) in [4.78, 5) is 0. The van der Waals surface area contributed by atoms with Crippen molar-refractivity contribution in [3.05, 3.63) is 35.4 Å². The molecule has 0 saturated heterocycles. The maximum atomic E-state index is 13.8. The van der Waals surface area contributed by atoms with Gasteiger partial charge in [-0.3, -0.25) is 0 Å². The van der Waals surface area contributed by atoms with E-state index in [0.29, 0.717) is 11.6 Å². The molecule has 0 aliphatic heterocycles. The molecule has 0 heterocycles. The molecule has 3 heteroatoms. The second kappa shape index (κ2) is 4.05. The Hall–Kier alpha value is -0.960. The summed E-state index contributed by atoms with van der Waals surface area (Å²) in [5, 5.41) is 3.48. The van der Waals surface area contributed by atoms with Gasteiger partial charge in [0, 0.05) is 24.1 Å². The van der Waals surface area contributed by atoms with Crippen molar-refractivity contribution in [2.75, 3.05) is 6.54 Å². The smallest absolute Gasteiger partial charge is 0.129 e. The maximum absolute atomic E-state index is 13.8. The second-order valence-electron chi connectivity index (χ2n) is 5.41. The van der Waals surface area contributed by atoms with Gasteiger partial charge in [0.15, 0.2) is 0 Å². The van der Waals surface area contributed by atoms with Gasteiger partial charge in [0.25, 0.3) is 0 Å². The molecule has 0 atom stereocenters. The first-order valence-corrected chi connectivity index (χ1v) is 6.39. The fraction of sp³-hybridized carbons (Fsp3) is 0.571. The van der Waals surface area contributed by atoms with Crippen molar-refractivity contribution in [2.24, 2.45) is 0 Å². The lowest BCUT2D eigenvalue weighted by Crippen LogP contribution is -2.45. The van der Waals surface area contributed by atoms with Crippen LogP contribution in [0.25, 0.3) is 0 Å². The molecule has 17 heavy (non-hydrogen) atoms. The van der Waals surface area contributed by atoms with Crippen molar-refractivity contribution < 1.29 is 8.78 Å². The number of nitrogens with one attached hydrogen (secondary N) is 1. The van der Waals surface area contributed by atoms with Gasteiger partial charge in [-0.1, -0.05) is 12.5 Å². The molecule has 2 aliphatic rings. The molecule has 2 aliphatic carbocycles. The van der Waals surface area contributed by atoms with E-state index in [-0.39, 0.29) is 11.2 Å². The van der Waals surface area contributed by atoms with E-state index in [1.807, 2.05) is 0 Å². The van der Waals surface area contributed by atoms with Crippen LogP contribution in [0.15, 0.2) is 18.2 Å². The van der Waals surface area contributed by atoms with Gasteiger partial charge in [-0.2, -0.15) is 0 Å². The highest BCUT2D eigenvalue weighted by molar-refractivity contribution is 5.30. The number of hydrogen-bond acceptors (Lipinski definition) is 1. The van der Waals surface area contributed by atoms with E-state index in [1.54, 1.807) is 6.07 Å². The van der Waals surface area contributed by atoms with Crippen molar-refractivity contribution in [1.29, 1.82) is 0 Å². The van der Waals surface area contributed by atoms with Crippen LogP contribution < -0.4 is 5.32 Å². The molecule has 92 valence electrons. The predicted molar refractivity (Wildman–Crippen MR) is 62.9 cm³/mol. The van der Waals surface area contributed by atoms with Crippen LogP contribution in [0.4, 0.5) is 8.78 Å². The number of hydrogen-bond donors (Lipinski definition) is 1. The molecule has 2 fully saturated rings. The average Bonchev–Trinajstić information content (AvgIpc) is 3.02. The first kappa shape index (κ1) is 11.1. The maximum Gasteiger partial charge on any atom is 0.129 e. The van der Waals surface area contributed by atoms with Gasteiger partial charge in [0.1, 0.15) is 11.6 Å². The van der Waals surface area contributed by atoms with Crippen LogP contribution in [-0.4, -0.2) is 12.6 Å². The molecular weight excluding hydrogens is 220 g/mol. The molecule has 0 radical (unpaired) electrons. The SMILES string of the molecule is Fc1ccc(C2(CNC3CC3)CCC2)c(F)c1. The van der Waals surface area contributed by atoms with Crippen LogP contribution in [0.5, 0.6) is 0 Å². The highest BCUT2D eigenvalue weighted by Gasteiger charge is 2.41. The Bertz CT molecular complexity index is 422. The van der Waals surface area contributed by atoms with Gasteiger partial charge >= 0.3 is 0 Å².